The Morgan fingerprint density at radius 3 is 1.42 bits per heavy atom. The standard InChI is InChI=1S/C17H21OSi/c1-17(2,3)19(18-4,15-11-7-5-8-12-15)16-13-9-6-10-14-16/h5-14H,4H2,1-3H3. The normalized spacial score (nSPS) is 12.4. The van der Waals surface area contributed by atoms with Crippen LogP contribution in [-0.4, -0.2) is 8.32 Å². The van der Waals surface area contributed by atoms with Crippen molar-refractivity contribution in [3.05, 3.63) is 67.8 Å². The second-order valence-electron chi connectivity index (χ2n) is 5.81. The monoisotopic (exact) mass is 269 g/mol. The zero-order chi connectivity index (χ0) is 13.9. The van der Waals surface area contributed by atoms with Gasteiger partial charge in [0, 0.05) is 0 Å². The van der Waals surface area contributed by atoms with Crippen LogP contribution in [0.15, 0.2) is 60.7 Å². The Kier molecular flexibility index (Phi) is 3.93. The first kappa shape index (κ1) is 14.0. The summed E-state index contributed by atoms with van der Waals surface area (Å²) in [4.78, 5) is 0. The van der Waals surface area contributed by atoms with E-state index in [1.165, 1.54) is 10.4 Å². The predicted octanol–water partition coefficient (Wildman–Crippen LogP) is 3.35. The number of hydrogen-bond acceptors (Lipinski definition) is 1. The molecule has 1 radical (unpaired) electrons. The van der Waals surface area contributed by atoms with Gasteiger partial charge in [-0.25, -0.2) is 0 Å². The Morgan fingerprint density at radius 2 is 1.16 bits per heavy atom. The van der Waals surface area contributed by atoms with Gasteiger partial charge in [0.25, 0.3) is 8.32 Å². The number of benzene rings is 2. The van der Waals surface area contributed by atoms with Crippen molar-refractivity contribution in [2.24, 2.45) is 0 Å². The molecule has 2 aromatic carbocycles. The maximum absolute atomic E-state index is 5.96. The molecule has 0 amide bonds. The maximum Gasteiger partial charge on any atom is 0.261 e. The SMILES string of the molecule is [CH2]O[Si](c1ccccc1)(c1ccccc1)C(C)(C)C. The van der Waals surface area contributed by atoms with E-state index in [4.69, 9.17) is 4.43 Å². The summed E-state index contributed by atoms with van der Waals surface area (Å²) in [5, 5.41) is 2.56. The van der Waals surface area contributed by atoms with Crippen molar-refractivity contribution in [2.75, 3.05) is 0 Å². The number of hydrogen-bond donors (Lipinski definition) is 0. The topological polar surface area (TPSA) is 9.23 Å². The van der Waals surface area contributed by atoms with Crippen molar-refractivity contribution in [3.63, 3.8) is 0 Å². The molecule has 0 aromatic heterocycles. The molecule has 2 rings (SSSR count). The molecule has 0 saturated carbocycles. The summed E-state index contributed by atoms with van der Waals surface area (Å²) >= 11 is 0. The van der Waals surface area contributed by atoms with Crippen molar-refractivity contribution in [1.82, 2.24) is 0 Å². The fraction of sp³-hybridized carbons (Fsp3) is 0.235. The number of rotatable bonds is 3. The minimum atomic E-state index is -2.33. The lowest BCUT2D eigenvalue weighted by Gasteiger charge is -2.41. The van der Waals surface area contributed by atoms with E-state index < -0.39 is 8.32 Å². The molecule has 2 aromatic rings. The van der Waals surface area contributed by atoms with Gasteiger partial charge in [-0.05, 0) is 15.4 Å². The summed E-state index contributed by atoms with van der Waals surface area (Å²) in [6.45, 7) is 6.72. The van der Waals surface area contributed by atoms with Crippen LogP contribution in [0.5, 0.6) is 0 Å². The lowest BCUT2D eigenvalue weighted by Crippen LogP contribution is -2.65. The molecule has 0 saturated heterocycles. The maximum atomic E-state index is 5.96. The summed E-state index contributed by atoms with van der Waals surface area (Å²) in [6, 6.07) is 21.0. The zero-order valence-electron chi connectivity index (χ0n) is 11.9. The van der Waals surface area contributed by atoms with E-state index in [9.17, 15) is 0 Å². The molecule has 0 fully saturated rings. The second-order valence-corrected chi connectivity index (χ2v) is 10.1. The Bertz CT molecular complexity index is 474. The molecule has 1 nitrogen and oxygen atoms in total. The highest BCUT2D eigenvalue weighted by molar-refractivity contribution is 6.99. The highest BCUT2D eigenvalue weighted by Gasteiger charge is 2.49. The van der Waals surface area contributed by atoms with Crippen LogP contribution in [0.4, 0.5) is 0 Å². The fourth-order valence-corrected chi connectivity index (χ4v) is 6.92. The van der Waals surface area contributed by atoms with Crippen LogP contribution in [0.1, 0.15) is 20.8 Å². The molecule has 0 unspecified atom stereocenters. The smallest absolute Gasteiger partial charge is 0.261 e. The van der Waals surface area contributed by atoms with E-state index in [1.807, 2.05) is 12.1 Å². The molecule has 2 heteroatoms. The average Bonchev–Trinajstić information content (AvgIpc) is 2.41. The minimum Gasteiger partial charge on any atom is -0.405 e. The summed E-state index contributed by atoms with van der Waals surface area (Å²) in [5.41, 5.74) is 0. The van der Waals surface area contributed by atoms with E-state index in [-0.39, 0.29) is 5.04 Å². The Balaban J connectivity index is 2.70. The first-order valence-corrected chi connectivity index (χ1v) is 8.47. The van der Waals surface area contributed by atoms with Crippen LogP contribution in [0.2, 0.25) is 5.04 Å². The Hall–Kier alpha value is -1.38. The van der Waals surface area contributed by atoms with Gasteiger partial charge in [-0.2, -0.15) is 0 Å². The Labute approximate surface area is 117 Å². The molecule has 0 heterocycles. The van der Waals surface area contributed by atoms with E-state index in [2.05, 4.69) is 76.4 Å². The lowest BCUT2D eigenvalue weighted by molar-refractivity contribution is 0.437. The van der Waals surface area contributed by atoms with E-state index >= 15 is 0 Å². The average molecular weight is 269 g/mol. The van der Waals surface area contributed by atoms with Crippen LogP contribution < -0.4 is 10.4 Å². The molecule has 0 aliphatic heterocycles. The van der Waals surface area contributed by atoms with Crippen molar-refractivity contribution in [1.29, 1.82) is 0 Å². The third-order valence-corrected chi connectivity index (χ3v) is 8.47. The van der Waals surface area contributed by atoms with Gasteiger partial charge in [-0.3, -0.25) is 0 Å². The molecular formula is C17H21OSi. The van der Waals surface area contributed by atoms with Gasteiger partial charge in [0.15, 0.2) is 0 Å². The first-order valence-electron chi connectivity index (χ1n) is 6.56. The third kappa shape index (κ3) is 2.38. The molecule has 0 aliphatic rings. The van der Waals surface area contributed by atoms with Gasteiger partial charge >= 0.3 is 0 Å². The highest BCUT2D eigenvalue weighted by atomic mass is 28.4. The van der Waals surface area contributed by atoms with Crippen molar-refractivity contribution in [3.8, 4) is 0 Å². The second kappa shape index (κ2) is 5.31. The van der Waals surface area contributed by atoms with Crippen LogP contribution in [-0.2, 0) is 4.43 Å². The van der Waals surface area contributed by atoms with Crippen LogP contribution >= 0.6 is 0 Å². The van der Waals surface area contributed by atoms with Crippen molar-refractivity contribution < 1.29 is 4.43 Å². The van der Waals surface area contributed by atoms with Gasteiger partial charge in [0.05, 0.1) is 7.11 Å². The van der Waals surface area contributed by atoms with Gasteiger partial charge in [0.1, 0.15) is 0 Å². The largest absolute Gasteiger partial charge is 0.405 e. The first-order chi connectivity index (χ1) is 9.02. The van der Waals surface area contributed by atoms with Crippen molar-refractivity contribution >= 4 is 18.7 Å². The summed E-state index contributed by atoms with van der Waals surface area (Å²) in [5.74, 6) is 0. The van der Waals surface area contributed by atoms with Gasteiger partial charge in [0.2, 0.25) is 0 Å². The van der Waals surface area contributed by atoms with E-state index in [0.29, 0.717) is 0 Å². The molecule has 99 valence electrons. The summed E-state index contributed by atoms with van der Waals surface area (Å²) < 4.78 is 5.96. The molecule has 0 bridgehead atoms. The van der Waals surface area contributed by atoms with Crippen LogP contribution in [0.25, 0.3) is 0 Å². The van der Waals surface area contributed by atoms with Crippen molar-refractivity contribution in [2.45, 2.75) is 25.8 Å². The van der Waals surface area contributed by atoms with E-state index in [1.54, 1.807) is 0 Å². The molecule has 19 heavy (non-hydrogen) atoms. The summed E-state index contributed by atoms with van der Waals surface area (Å²) in [6.07, 6.45) is 0. The zero-order valence-corrected chi connectivity index (χ0v) is 12.9. The quantitative estimate of drug-likeness (QED) is 0.776. The van der Waals surface area contributed by atoms with Crippen LogP contribution in [0, 0.1) is 7.11 Å². The molecule has 0 atom stereocenters. The molecular weight excluding hydrogens is 248 g/mol. The third-order valence-electron chi connectivity index (χ3n) is 3.63. The molecule has 0 spiro atoms. The molecule has 0 aliphatic carbocycles. The predicted molar refractivity (Wildman–Crippen MR) is 84.1 cm³/mol. The summed E-state index contributed by atoms with van der Waals surface area (Å²) in [7, 11) is 1.50. The fourth-order valence-electron chi connectivity index (χ4n) is 2.76. The Morgan fingerprint density at radius 1 is 0.789 bits per heavy atom. The van der Waals surface area contributed by atoms with Gasteiger partial charge in [-0.1, -0.05) is 81.4 Å². The lowest BCUT2D eigenvalue weighted by atomic mass is 10.2. The minimum absolute atomic E-state index is 0.0253. The highest BCUT2D eigenvalue weighted by Crippen LogP contribution is 2.36. The van der Waals surface area contributed by atoms with Gasteiger partial charge < -0.3 is 4.43 Å². The molecule has 0 N–H and O–H groups in total. The van der Waals surface area contributed by atoms with Gasteiger partial charge in [-0.15, -0.1) is 0 Å². The van der Waals surface area contributed by atoms with E-state index in [0.717, 1.165) is 0 Å². The van der Waals surface area contributed by atoms with Crippen LogP contribution in [0.3, 0.4) is 0 Å².